The molecule has 0 saturated carbocycles. The predicted molar refractivity (Wildman–Crippen MR) is 83.3 cm³/mol. The van der Waals surface area contributed by atoms with E-state index in [-0.39, 0.29) is 11.8 Å². The maximum absolute atomic E-state index is 12.8. The molecule has 134 valence electrons. The van der Waals surface area contributed by atoms with Gasteiger partial charge in [0.1, 0.15) is 0 Å². The van der Waals surface area contributed by atoms with Crippen molar-refractivity contribution in [3.05, 3.63) is 63.1 Å². The molecule has 1 amide bonds. The molecule has 25 heavy (non-hydrogen) atoms. The van der Waals surface area contributed by atoms with Crippen molar-refractivity contribution in [3.63, 3.8) is 0 Å². The number of nitrogens with one attached hydrogen (secondary N) is 1. The number of hydrogen-bond donors (Lipinski definition) is 1. The molecule has 0 saturated heterocycles. The fraction of sp³-hybridized carbons (Fsp3) is 0.188. The topological polar surface area (TPSA) is 29.1 Å². The van der Waals surface area contributed by atoms with Gasteiger partial charge in [-0.15, -0.1) is 0 Å². The van der Waals surface area contributed by atoms with Crippen LogP contribution < -0.4 is 5.32 Å². The van der Waals surface area contributed by atoms with Crippen LogP contribution in [0.2, 0.25) is 0 Å². The number of aryl methyl sites for hydroxylation is 1. The van der Waals surface area contributed by atoms with E-state index in [0.29, 0.717) is 16.6 Å². The summed E-state index contributed by atoms with van der Waals surface area (Å²) in [4.78, 5) is 12.1. The van der Waals surface area contributed by atoms with Crippen LogP contribution in [-0.2, 0) is 12.4 Å². The van der Waals surface area contributed by atoms with Crippen molar-refractivity contribution in [2.75, 3.05) is 5.32 Å². The van der Waals surface area contributed by atoms with Gasteiger partial charge in [0.05, 0.1) is 16.8 Å². The highest BCUT2D eigenvalue weighted by Gasteiger charge is 2.37. The number of anilines is 1. The first-order chi connectivity index (χ1) is 11.4. The second-order valence-corrected chi connectivity index (χ2v) is 6.09. The summed E-state index contributed by atoms with van der Waals surface area (Å²) >= 11 is 3.17. The van der Waals surface area contributed by atoms with Gasteiger partial charge in [0.25, 0.3) is 5.91 Å². The molecule has 0 atom stereocenters. The number of carbonyl (C=O) groups excluding carboxylic acids is 1. The first kappa shape index (κ1) is 19.3. The minimum Gasteiger partial charge on any atom is -0.321 e. The second kappa shape index (κ2) is 6.70. The predicted octanol–water partition coefficient (Wildman–Crippen LogP) is 6.05. The molecule has 0 heterocycles. The lowest BCUT2D eigenvalue weighted by Gasteiger charge is -2.14. The van der Waals surface area contributed by atoms with Gasteiger partial charge < -0.3 is 5.32 Å². The fourth-order valence-corrected chi connectivity index (χ4v) is 2.59. The van der Waals surface area contributed by atoms with Gasteiger partial charge in [-0.3, -0.25) is 4.79 Å². The second-order valence-electron chi connectivity index (χ2n) is 5.23. The Bertz CT molecular complexity index is 781. The molecule has 0 radical (unpaired) electrons. The van der Waals surface area contributed by atoms with Crippen LogP contribution in [0.15, 0.2) is 40.9 Å². The number of hydrogen-bond acceptors (Lipinski definition) is 1. The van der Waals surface area contributed by atoms with Gasteiger partial charge in [-0.25, -0.2) is 0 Å². The molecular formula is C16H10BrF6NO. The van der Waals surface area contributed by atoms with Crippen LogP contribution in [0, 0.1) is 6.92 Å². The van der Waals surface area contributed by atoms with Crippen LogP contribution in [0.4, 0.5) is 32.0 Å². The van der Waals surface area contributed by atoms with E-state index in [4.69, 9.17) is 0 Å². The number of alkyl halides is 6. The highest BCUT2D eigenvalue weighted by Crippen LogP contribution is 2.36. The van der Waals surface area contributed by atoms with Crippen molar-refractivity contribution in [2.24, 2.45) is 0 Å². The maximum Gasteiger partial charge on any atom is 0.416 e. The van der Waals surface area contributed by atoms with E-state index in [9.17, 15) is 31.1 Å². The molecule has 2 aromatic carbocycles. The summed E-state index contributed by atoms with van der Waals surface area (Å²) in [5.74, 6) is -1.08. The Morgan fingerprint density at radius 2 is 1.44 bits per heavy atom. The molecule has 2 nitrogen and oxygen atoms in total. The molecule has 0 aliphatic carbocycles. The normalized spacial score (nSPS) is 12.2. The number of halogens is 7. The third-order valence-electron chi connectivity index (χ3n) is 3.22. The van der Waals surface area contributed by atoms with Crippen LogP contribution in [0.1, 0.15) is 27.0 Å². The van der Waals surface area contributed by atoms with Crippen LogP contribution in [0.3, 0.4) is 0 Å². The van der Waals surface area contributed by atoms with E-state index >= 15 is 0 Å². The highest BCUT2D eigenvalue weighted by molar-refractivity contribution is 9.10. The minimum absolute atomic E-state index is 0.0292. The number of amides is 1. The quantitative estimate of drug-likeness (QED) is 0.583. The zero-order chi connectivity index (χ0) is 19.0. The lowest BCUT2D eigenvalue weighted by molar-refractivity contribution is -0.143. The minimum atomic E-state index is -5.01. The molecule has 0 aliphatic heterocycles. The lowest BCUT2D eigenvalue weighted by Crippen LogP contribution is -2.17. The van der Waals surface area contributed by atoms with Crippen molar-refractivity contribution in [1.29, 1.82) is 0 Å². The standard InChI is InChI=1S/C16H10BrF6NO/c1-8-2-3-13(12(17)4-8)24-14(25)9-5-10(15(18,19)20)7-11(6-9)16(21,22)23/h2-7H,1H3,(H,24,25). The van der Waals surface area contributed by atoms with E-state index in [0.717, 1.165) is 5.56 Å². The molecule has 0 spiro atoms. The van der Waals surface area contributed by atoms with E-state index in [1.54, 1.807) is 19.1 Å². The highest BCUT2D eigenvalue weighted by atomic mass is 79.9. The zero-order valence-electron chi connectivity index (χ0n) is 12.5. The Morgan fingerprint density at radius 3 is 1.88 bits per heavy atom. The van der Waals surface area contributed by atoms with Crippen LogP contribution >= 0.6 is 15.9 Å². The number of carbonyl (C=O) groups is 1. The van der Waals surface area contributed by atoms with Crippen molar-refractivity contribution < 1.29 is 31.1 Å². The van der Waals surface area contributed by atoms with Crippen LogP contribution in [-0.4, -0.2) is 5.91 Å². The third-order valence-corrected chi connectivity index (χ3v) is 3.88. The van der Waals surface area contributed by atoms with Crippen molar-refractivity contribution in [3.8, 4) is 0 Å². The van der Waals surface area contributed by atoms with E-state index < -0.39 is 35.0 Å². The molecule has 1 N–H and O–H groups in total. The van der Waals surface area contributed by atoms with Crippen molar-refractivity contribution in [2.45, 2.75) is 19.3 Å². The first-order valence-corrected chi connectivity index (χ1v) is 7.54. The average Bonchev–Trinajstić information content (AvgIpc) is 2.47. The summed E-state index contributed by atoms with van der Waals surface area (Å²) in [5.41, 5.74) is -2.76. The summed E-state index contributed by atoms with van der Waals surface area (Å²) in [6.07, 6.45) is -10.0. The SMILES string of the molecule is Cc1ccc(NC(=O)c2cc(C(F)(F)F)cc(C(F)(F)F)c2)c(Br)c1. The molecular weight excluding hydrogens is 416 g/mol. The van der Waals surface area contributed by atoms with Gasteiger partial charge in [0.15, 0.2) is 0 Å². The molecule has 9 heteroatoms. The molecule has 0 aromatic heterocycles. The van der Waals surface area contributed by atoms with Gasteiger partial charge in [-0.1, -0.05) is 6.07 Å². The van der Waals surface area contributed by atoms with Gasteiger partial charge in [0, 0.05) is 10.0 Å². The average molecular weight is 426 g/mol. The molecule has 0 fully saturated rings. The molecule has 0 bridgehead atoms. The molecule has 0 aliphatic rings. The lowest BCUT2D eigenvalue weighted by atomic mass is 10.0. The number of benzene rings is 2. The van der Waals surface area contributed by atoms with E-state index in [2.05, 4.69) is 21.2 Å². The maximum atomic E-state index is 12.8. The summed E-state index contributed by atoms with van der Waals surface area (Å²) < 4.78 is 77.4. The summed E-state index contributed by atoms with van der Waals surface area (Å²) in [5, 5.41) is 2.29. The van der Waals surface area contributed by atoms with Gasteiger partial charge in [-0.2, -0.15) is 26.3 Å². The summed E-state index contributed by atoms with van der Waals surface area (Å²) in [6.45, 7) is 1.78. The smallest absolute Gasteiger partial charge is 0.321 e. The Morgan fingerprint density at radius 1 is 0.920 bits per heavy atom. The summed E-state index contributed by atoms with van der Waals surface area (Å²) in [6, 6.07) is 5.49. The third kappa shape index (κ3) is 4.75. The number of rotatable bonds is 2. The fourth-order valence-electron chi connectivity index (χ4n) is 2.00. The van der Waals surface area contributed by atoms with Gasteiger partial charge in [-0.05, 0) is 58.7 Å². The monoisotopic (exact) mass is 425 g/mol. The Labute approximate surface area is 147 Å². The van der Waals surface area contributed by atoms with Crippen molar-refractivity contribution >= 4 is 27.5 Å². The Kier molecular flexibility index (Phi) is 5.17. The zero-order valence-corrected chi connectivity index (χ0v) is 14.1. The van der Waals surface area contributed by atoms with Crippen LogP contribution in [0.5, 0.6) is 0 Å². The van der Waals surface area contributed by atoms with Crippen LogP contribution in [0.25, 0.3) is 0 Å². The molecule has 0 unspecified atom stereocenters. The van der Waals surface area contributed by atoms with Gasteiger partial charge in [0.2, 0.25) is 0 Å². The van der Waals surface area contributed by atoms with Crippen molar-refractivity contribution in [1.82, 2.24) is 0 Å². The Balaban J connectivity index is 2.44. The summed E-state index contributed by atoms with van der Waals surface area (Å²) in [7, 11) is 0. The molecule has 2 aromatic rings. The largest absolute Gasteiger partial charge is 0.416 e. The molecule has 2 rings (SSSR count). The van der Waals surface area contributed by atoms with E-state index in [1.165, 1.54) is 6.07 Å². The van der Waals surface area contributed by atoms with Gasteiger partial charge >= 0.3 is 12.4 Å². The van der Waals surface area contributed by atoms with E-state index in [1.807, 2.05) is 0 Å². The Hall–Kier alpha value is -2.03. The first-order valence-electron chi connectivity index (χ1n) is 6.75.